The van der Waals surface area contributed by atoms with E-state index in [4.69, 9.17) is 9.94 Å². The predicted molar refractivity (Wildman–Crippen MR) is 42.6 cm³/mol. The molecule has 0 radical (unpaired) electrons. The fourth-order valence-electron chi connectivity index (χ4n) is 1.54. The van der Waals surface area contributed by atoms with E-state index in [0.29, 0.717) is 0 Å². The highest BCUT2D eigenvalue weighted by Gasteiger charge is 2.44. The molecule has 0 aromatic rings. The second-order valence-electron chi connectivity index (χ2n) is 3.57. The maximum absolute atomic E-state index is 10.8. The first kappa shape index (κ1) is 10.8. The molecule has 0 amide bonds. The Labute approximate surface area is 75.9 Å². The van der Waals surface area contributed by atoms with Crippen LogP contribution in [0.2, 0.25) is 0 Å². The molecule has 0 spiro atoms. The Morgan fingerprint density at radius 2 is 2.08 bits per heavy atom. The first-order chi connectivity index (χ1) is 5.88. The van der Waals surface area contributed by atoms with Gasteiger partial charge in [-0.05, 0) is 13.8 Å². The van der Waals surface area contributed by atoms with E-state index in [1.165, 1.54) is 13.8 Å². The van der Waals surface area contributed by atoms with E-state index in [2.05, 4.69) is 0 Å². The van der Waals surface area contributed by atoms with Gasteiger partial charge in [0.2, 0.25) is 0 Å². The molecular weight excluding hydrogens is 178 g/mol. The summed E-state index contributed by atoms with van der Waals surface area (Å²) in [5.74, 6) is 0. The Morgan fingerprint density at radius 1 is 1.54 bits per heavy atom. The van der Waals surface area contributed by atoms with E-state index in [-0.39, 0.29) is 11.6 Å². The summed E-state index contributed by atoms with van der Waals surface area (Å²) < 4.78 is 4.87. The number of rotatable bonds is 1. The third kappa shape index (κ3) is 1.83. The number of aliphatic hydroxyl groups is 2. The Morgan fingerprint density at radius 3 is 2.54 bits per heavy atom. The number of hydrogen-bond donors (Lipinski definition) is 3. The summed E-state index contributed by atoms with van der Waals surface area (Å²) >= 11 is 0. The molecule has 0 bridgehead atoms. The van der Waals surface area contributed by atoms with Gasteiger partial charge in [-0.1, -0.05) is 0 Å². The van der Waals surface area contributed by atoms with E-state index in [0.717, 1.165) is 0 Å². The lowest BCUT2D eigenvalue weighted by atomic mass is 9.86. The molecule has 0 aliphatic carbocycles. The summed E-state index contributed by atoms with van der Waals surface area (Å²) in [6.45, 7) is 2.89. The fraction of sp³-hybridized carbons (Fsp3) is 1.00. The van der Waals surface area contributed by atoms with Crippen molar-refractivity contribution in [3.63, 3.8) is 0 Å². The number of aliphatic hydroxyl groups excluding tert-OH is 2. The molecule has 0 aromatic carbocycles. The monoisotopic (exact) mass is 192 g/mol. The highest BCUT2D eigenvalue weighted by atomic mass is 16.8. The lowest BCUT2D eigenvalue weighted by molar-refractivity contribution is -0.275. The van der Waals surface area contributed by atoms with Crippen molar-refractivity contribution in [2.45, 2.75) is 44.3 Å². The molecular formula is C7H14NO5-. The molecule has 1 aliphatic rings. The van der Waals surface area contributed by atoms with E-state index >= 15 is 0 Å². The zero-order chi connectivity index (χ0) is 10.2. The van der Waals surface area contributed by atoms with Gasteiger partial charge in [0.05, 0.1) is 17.7 Å². The summed E-state index contributed by atoms with van der Waals surface area (Å²) in [6, 6.07) is 0. The van der Waals surface area contributed by atoms with Crippen LogP contribution in [0, 0.1) is 5.21 Å². The summed E-state index contributed by atoms with van der Waals surface area (Å²) in [7, 11) is 0. The van der Waals surface area contributed by atoms with Gasteiger partial charge in [0, 0.05) is 6.42 Å². The van der Waals surface area contributed by atoms with Gasteiger partial charge in [0.15, 0.2) is 6.29 Å². The smallest absolute Gasteiger partial charge is 0.156 e. The Hall–Kier alpha value is -0.240. The Balaban J connectivity index is 2.82. The lowest BCUT2D eigenvalue weighted by Gasteiger charge is -2.50. The fourth-order valence-corrected chi connectivity index (χ4v) is 1.54. The highest BCUT2D eigenvalue weighted by Crippen LogP contribution is 2.31. The van der Waals surface area contributed by atoms with Crippen LogP contribution in [-0.4, -0.2) is 44.7 Å². The highest BCUT2D eigenvalue weighted by molar-refractivity contribution is 4.96. The molecule has 1 aliphatic heterocycles. The van der Waals surface area contributed by atoms with Crippen molar-refractivity contribution < 1.29 is 20.2 Å². The first-order valence-corrected chi connectivity index (χ1v) is 4.06. The normalized spacial score (nSPS) is 46.8. The number of nitrogens with zero attached hydrogens (tertiary/aromatic N) is 1. The maximum Gasteiger partial charge on any atom is 0.156 e. The zero-order valence-corrected chi connectivity index (χ0v) is 7.54. The van der Waals surface area contributed by atoms with Crippen LogP contribution in [0.5, 0.6) is 0 Å². The van der Waals surface area contributed by atoms with E-state index < -0.39 is 24.0 Å². The average Bonchev–Trinajstić information content (AvgIpc) is 1.99. The molecule has 1 fully saturated rings. The van der Waals surface area contributed by atoms with Gasteiger partial charge in [0.1, 0.15) is 0 Å². The molecule has 1 saturated heterocycles. The number of ether oxygens (including phenoxy) is 1. The maximum atomic E-state index is 10.8. The summed E-state index contributed by atoms with van der Waals surface area (Å²) in [5, 5.41) is 38.0. The van der Waals surface area contributed by atoms with Crippen LogP contribution in [0.4, 0.5) is 0 Å². The summed E-state index contributed by atoms with van der Waals surface area (Å²) in [5.41, 5.74) is -1.41. The molecule has 6 heteroatoms. The van der Waals surface area contributed by atoms with Crippen molar-refractivity contribution in [1.82, 2.24) is 5.23 Å². The second-order valence-corrected chi connectivity index (χ2v) is 3.57. The molecule has 4 unspecified atom stereocenters. The van der Waals surface area contributed by atoms with Crippen LogP contribution in [-0.2, 0) is 4.74 Å². The molecule has 0 saturated carbocycles. The van der Waals surface area contributed by atoms with Crippen LogP contribution >= 0.6 is 0 Å². The molecule has 4 atom stereocenters. The van der Waals surface area contributed by atoms with E-state index in [1.54, 1.807) is 0 Å². The zero-order valence-electron chi connectivity index (χ0n) is 7.54. The third-order valence-corrected chi connectivity index (χ3v) is 2.48. The molecule has 0 aromatic heterocycles. The van der Waals surface area contributed by atoms with Crippen LogP contribution in [0.3, 0.4) is 0 Å². The molecule has 1 heterocycles. The summed E-state index contributed by atoms with van der Waals surface area (Å²) in [6.07, 6.45) is -3.07. The van der Waals surface area contributed by atoms with Crippen molar-refractivity contribution in [2.75, 3.05) is 0 Å². The predicted octanol–water partition coefficient (Wildman–Crippen LogP) is -0.578. The first-order valence-electron chi connectivity index (χ1n) is 4.06. The molecule has 13 heavy (non-hydrogen) atoms. The molecule has 6 nitrogen and oxygen atoms in total. The van der Waals surface area contributed by atoms with Crippen LogP contribution in [0.15, 0.2) is 0 Å². The van der Waals surface area contributed by atoms with Crippen molar-refractivity contribution >= 4 is 0 Å². The molecule has 3 N–H and O–H groups in total. The van der Waals surface area contributed by atoms with Crippen molar-refractivity contribution in [3.05, 3.63) is 5.21 Å². The van der Waals surface area contributed by atoms with Gasteiger partial charge in [-0.25, -0.2) is 0 Å². The number of hydrogen-bond acceptors (Lipinski definition) is 6. The second kappa shape index (κ2) is 3.49. The number of hydroxylamine groups is 2. The van der Waals surface area contributed by atoms with Gasteiger partial charge in [-0.15, -0.1) is 0 Å². The minimum absolute atomic E-state index is 0.126. The quantitative estimate of drug-likeness (QED) is 0.481. The van der Waals surface area contributed by atoms with Gasteiger partial charge in [-0.3, -0.25) is 5.23 Å². The van der Waals surface area contributed by atoms with Crippen LogP contribution in [0.25, 0.3) is 0 Å². The topological polar surface area (TPSA) is 96.2 Å². The van der Waals surface area contributed by atoms with Crippen LogP contribution < -0.4 is 0 Å². The minimum atomic E-state index is -1.41. The van der Waals surface area contributed by atoms with Crippen molar-refractivity contribution in [3.8, 4) is 0 Å². The van der Waals surface area contributed by atoms with Gasteiger partial charge in [0.25, 0.3) is 0 Å². The molecule has 78 valence electrons. The standard InChI is InChI=1S/C7H14NO5/c1-4-6(10)7(2,8(11)12)3-5(9)13-4/h4-6,9-11H,3H2,1-2H3/q-1. The average molecular weight is 192 g/mol. The minimum Gasteiger partial charge on any atom is -0.762 e. The lowest BCUT2D eigenvalue weighted by Crippen LogP contribution is -2.61. The van der Waals surface area contributed by atoms with Crippen LogP contribution in [0.1, 0.15) is 20.3 Å². The van der Waals surface area contributed by atoms with E-state index in [1.807, 2.05) is 0 Å². The summed E-state index contributed by atoms with van der Waals surface area (Å²) in [4.78, 5) is 0. The Kier molecular flexibility index (Phi) is 2.91. The SMILES string of the molecule is CC1OC(O)CC(C)(N([O-])O)C1O. The molecule has 1 rings (SSSR count). The third-order valence-electron chi connectivity index (χ3n) is 2.48. The van der Waals surface area contributed by atoms with Crippen molar-refractivity contribution in [2.24, 2.45) is 0 Å². The van der Waals surface area contributed by atoms with Crippen molar-refractivity contribution in [1.29, 1.82) is 0 Å². The van der Waals surface area contributed by atoms with E-state index in [9.17, 15) is 15.4 Å². The largest absolute Gasteiger partial charge is 0.762 e. The van der Waals surface area contributed by atoms with Gasteiger partial charge >= 0.3 is 0 Å². The Bertz CT molecular complexity index is 188. The van der Waals surface area contributed by atoms with Gasteiger partial charge in [-0.2, -0.15) is 0 Å². The van der Waals surface area contributed by atoms with Gasteiger partial charge < -0.3 is 25.4 Å².